The summed E-state index contributed by atoms with van der Waals surface area (Å²) in [6, 6.07) is 10.00. The lowest BCUT2D eigenvalue weighted by molar-refractivity contribution is -0.133. The number of rotatable bonds is 8. The quantitative estimate of drug-likeness (QED) is 0.361. The monoisotopic (exact) mass is 476 g/mol. The summed E-state index contributed by atoms with van der Waals surface area (Å²) in [4.78, 5) is 27.7. The smallest absolute Gasteiger partial charge is 0.350 e. The van der Waals surface area contributed by atoms with Crippen LogP contribution in [0.4, 0.5) is 0 Å². The Bertz CT molecular complexity index is 1380. The highest BCUT2D eigenvalue weighted by Gasteiger charge is 2.23. The van der Waals surface area contributed by atoms with Crippen molar-refractivity contribution in [1.82, 2.24) is 28.7 Å². The van der Waals surface area contributed by atoms with E-state index in [4.69, 9.17) is 4.74 Å². The molecule has 9 heteroatoms. The van der Waals surface area contributed by atoms with Crippen molar-refractivity contribution in [3.8, 4) is 17.0 Å². The van der Waals surface area contributed by atoms with Gasteiger partial charge in [0, 0.05) is 31.0 Å². The summed E-state index contributed by atoms with van der Waals surface area (Å²) in [5, 5.41) is 9.17. The van der Waals surface area contributed by atoms with Crippen LogP contribution >= 0.6 is 0 Å². The van der Waals surface area contributed by atoms with E-state index in [1.54, 1.807) is 21.8 Å². The Morgan fingerprint density at radius 3 is 2.63 bits per heavy atom. The first-order valence-corrected chi connectivity index (χ1v) is 12.5. The molecule has 9 nitrogen and oxygen atoms in total. The number of carbonyl (C=O) groups is 1. The van der Waals surface area contributed by atoms with Crippen molar-refractivity contribution in [2.45, 2.75) is 64.5 Å². The standard InChI is InChI=1S/C26H32N6O3/c1-3-4-16-35-21-12-10-19(11-13-21)22-17-23-25-28-32(26(34)30(25)14-15-31(23)27-22)18-24(33)29(2)20-8-6-5-7-9-20/h10-15,17,20H,3-9,16,18H2,1-2H3. The summed E-state index contributed by atoms with van der Waals surface area (Å²) >= 11 is 0. The SMILES string of the molecule is CCCCOc1ccc(-c2cc3c4nn(CC(=O)N(C)C5CCCCC5)c(=O)n4ccn3n2)cc1. The van der Waals surface area contributed by atoms with Gasteiger partial charge in [0.05, 0.1) is 12.3 Å². The van der Waals surface area contributed by atoms with Crippen molar-refractivity contribution in [1.29, 1.82) is 0 Å². The number of ether oxygens (including phenoxy) is 1. The number of fused-ring (bicyclic) bond motifs is 3. The molecule has 0 saturated heterocycles. The van der Waals surface area contributed by atoms with Crippen LogP contribution in [0.2, 0.25) is 0 Å². The molecule has 1 aliphatic rings. The summed E-state index contributed by atoms with van der Waals surface area (Å²) in [7, 11) is 1.83. The number of aromatic nitrogens is 5. The van der Waals surface area contributed by atoms with Crippen molar-refractivity contribution < 1.29 is 9.53 Å². The van der Waals surface area contributed by atoms with Crippen LogP contribution in [-0.4, -0.2) is 54.3 Å². The molecule has 1 saturated carbocycles. The van der Waals surface area contributed by atoms with E-state index in [0.717, 1.165) is 55.5 Å². The summed E-state index contributed by atoms with van der Waals surface area (Å²) in [6.45, 7) is 2.77. The lowest BCUT2D eigenvalue weighted by atomic mass is 9.94. The molecule has 35 heavy (non-hydrogen) atoms. The molecule has 0 N–H and O–H groups in total. The molecule has 1 fully saturated rings. The number of benzene rings is 1. The molecule has 0 radical (unpaired) electrons. The minimum Gasteiger partial charge on any atom is -0.494 e. The van der Waals surface area contributed by atoms with Crippen molar-refractivity contribution in [2.75, 3.05) is 13.7 Å². The van der Waals surface area contributed by atoms with Gasteiger partial charge in [-0.05, 0) is 49.6 Å². The van der Waals surface area contributed by atoms with Gasteiger partial charge < -0.3 is 9.64 Å². The first-order valence-electron chi connectivity index (χ1n) is 12.5. The lowest BCUT2D eigenvalue weighted by Crippen LogP contribution is -2.41. The van der Waals surface area contributed by atoms with Gasteiger partial charge in [-0.3, -0.25) is 4.79 Å². The third-order valence-electron chi connectivity index (χ3n) is 6.91. The third kappa shape index (κ3) is 4.67. The third-order valence-corrected chi connectivity index (χ3v) is 6.91. The Labute approximate surface area is 203 Å². The Morgan fingerprint density at radius 1 is 1.11 bits per heavy atom. The second kappa shape index (κ2) is 9.93. The van der Waals surface area contributed by atoms with E-state index >= 15 is 0 Å². The highest BCUT2D eigenvalue weighted by atomic mass is 16.5. The van der Waals surface area contributed by atoms with Crippen LogP contribution in [0, 0.1) is 0 Å². The molecule has 3 aromatic heterocycles. The van der Waals surface area contributed by atoms with Gasteiger partial charge >= 0.3 is 5.69 Å². The normalized spacial score (nSPS) is 14.6. The van der Waals surface area contributed by atoms with Crippen molar-refractivity contribution in [3.05, 3.63) is 53.2 Å². The predicted molar refractivity (Wildman–Crippen MR) is 134 cm³/mol. The molecule has 0 bridgehead atoms. The maximum atomic E-state index is 13.0. The van der Waals surface area contributed by atoms with Crippen LogP contribution in [0.25, 0.3) is 22.4 Å². The molecular weight excluding hydrogens is 444 g/mol. The first kappa shape index (κ1) is 23.1. The van der Waals surface area contributed by atoms with Crippen LogP contribution < -0.4 is 10.4 Å². The molecule has 0 spiro atoms. The van der Waals surface area contributed by atoms with Crippen molar-refractivity contribution in [2.24, 2.45) is 0 Å². The molecular formula is C26H32N6O3. The number of likely N-dealkylation sites (N-methyl/N-ethyl adjacent to an activating group) is 1. The second-order valence-corrected chi connectivity index (χ2v) is 9.31. The molecule has 1 amide bonds. The highest BCUT2D eigenvalue weighted by Crippen LogP contribution is 2.24. The van der Waals surface area contributed by atoms with E-state index in [2.05, 4.69) is 17.1 Å². The molecule has 5 rings (SSSR count). The van der Waals surface area contributed by atoms with Gasteiger partial charge in [-0.1, -0.05) is 32.6 Å². The van der Waals surface area contributed by atoms with E-state index < -0.39 is 0 Å². The molecule has 4 aromatic rings. The highest BCUT2D eigenvalue weighted by molar-refractivity contribution is 5.78. The predicted octanol–water partition coefficient (Wildman–Crippen LogP) is 3.78. The fourth-order valence-corrected chi connectivity index (χ4v) is 4.75. The zero-order valence-corrected chi connectivity index (χ0v) is 20.4. The Balaban J connectivity index is 1.39. The van der Waals surface area contributed by atoms with E-state index in [1.807, 2.05) is 37.4 Å². The summed E-state index contributed by atoms with van der Waals surface area (Å²) < 4.78 is 10.2. The van der Waals surface area contributed by atoms with Gasteiger partial charge in [0.15, 0.2) is 5.65 Å². The number of nitrogens with zero attached hydrogens (tertiary/aromatic N) is 6. The van der Waals surface area contributed by atoms with E-state index in [-0.39, 0.29) is 24.2 Å². The maximum absolute atomic E-state index is 13.0. The first-order chi connectivity index (χ1) is 17.0. The van der Waals surface area contributed by atoms with Crippen LogP contribution in [0.1, 0.15) is 51.9 Å². The van der Waals surface area contributed by atoms with Crippen molar-refractivity contribution >= 4 is 17.1 Å². The average Bonchev–Trinajstić information content (AvgIpc) is 3.46. The molecule has 184 valence electrons. The number of amides is 1. The fraction of sp³-hybridized carbons (Fsp3) is 0.462. The Kier molecular flexibility index (Phi) is 6.57. The largest absolute Gasteiger partial charge is 0.494 e. The van der Waals surface area contributed by atoms with Gasteiger partial charge in [0.1, 0.15) is 17.8 Å². The maximum Gasteiger partial charge on any atom is 0.350 e. The zero-order chi connectivity index (χ0) is 24.4. The van der Waals surface area contributed by atoms with E-state index in [9.17, 15) is 9.59 Å². The molecule has 3 heterocycles. The van der Waals surface area contributed by atoms with E-state index in [0.29, 0.717) is 17.8 Å². The van der Waals surface area contributed by atoms with Gasteiger partial charge in [0.2, 0.25) is 5.91 Å². The molecule has 0 aliphatic heterocycles. The Hall–Kier alpha value is -3.62. The Morgan fingerprint density at radius 2 is 1.89 bits per heavy atom. The van der Waals surface area contributed by atoms with Crippen LogP contribution in [0.15, 0.2) is 47.5 Å². The summed E-state index contributed by atoms with van der Waals surface area (Å²) in [5.74, 6) is 0.746. The van der Waals surface area contributed by atoms with Gasteiger partial charge in [-0.15, -0.1) is 5.10 Å². The second-order valence-electron chi connectivity index (χ2n) is 9.31. The molecule has 1 aliphatic carbocycles. The van der Waals surface area contributed by atoms with Crippen LogP contribution in [-0.2, 0) is 11.3 Å². The van der Waals surface area contributed by atoms with Crippen LogP contribution in [0.3, 0.4) is 0 Å². The fourth-order valence-electron chi connectivity index (χ4n) is 4.75. The average molecular weight is 477 g/mol. The lowest BCUT2D eigenvalue weighted by Gasteiger charge is -2.31. The number of unbranched alkanes of at least 4 members (excludes halogenated alkanes) is 1. The topological polar surface area (TPSA) is 86.1 Å². The number of hydrogen-bond donors (Lipinski definition) is 0. The number of carbonyl (C=O) groups excluding carboxylic acids is 1. The van der Waals surface area contributed by atoms with Crippen LogP contribution in [0.5, 0.6) is 5.75 Å². The van der Waals surface area contributed by atoms with E-state index in [1.165, 1.54) is 15.5 Å². The molecule has 0 atom stereocenters. The summed E-state index contributed by atoms with van der Waals surface area (Å²) in [6.07, 6.45) is 11.1. The van der Waals surface area contributed by atoms with Gasteiger partial charge in [-0.25, -0.2) is 18.4 Å². The van der Waals surface area contributed by atoms with Crippen molar-refractivity contribution in [3.63, 3.8) is 0 Å². The minimum atomic E-state index is -0.329. The van der Waals surface area contributed by atoms with Gasteiger partial charge in [-0.2, -0.15) is 5.10 Å². The molecule has 1 aromatic carbocycles. The molecule has 0 unspecified atom stereocenters. The zero-order valence-electron chi connectivity index (χ0n) is 20.4. The summed E-state index contributed by atoms with van der Waals surface area (Å²) in [5.41, 5.74) is 2.57. The number of hydrogen-bond acceptors (Lipinski definition) is 5. The minimum absolute atomic E-state index is 0.0693. The van der Waals surface area contributed by atoms with Gasteiger partial charge in [0.25, 0.3) is 0 Å².